The highest BCUT2D eigenvalue weighted by Crippen LogP contribution is 2.28. The molecule has 0 fully saturated rings. The molecular formula is C22H26N2O4. The second-order valence-electron chi connectivity index (χ2n) is 6.88. The van der Waals surface area contributed by atoms with E-state index in [4.69, 9.17) is 9.47 Å². The van der Waals surface area contributed by atoms with Gasteiger partial charge in [-0.2, -0.15) is 0 Å². The van der Waals surface area contributed by atoms with Crippen LogP contribution in [0.5, 0.6) is 11.5 Å². The first-order chi connectivity index (χ1) is 13.6. The van der Waals surface area contributed by atoms with Gasteiger partial charge in [0.2, 0.25) is 11.8 Å². The third-order valence-electron chi connectivity index (χ3n) is 5.02. The lowest BCUT2D eigenvalue weighted by Gasteiger charge is -2.24. The molecule has 2 amide bonds. The maximum absolute atomic E-state index is 12.2. The first-order valence-electron chi connectivity index (χ1n) is 9.47. The van der Waals surface area contributed by atoms with Gasteiger partial charge in [0.25, 0.3) is 0 Å². The van der Waals surface area contributed by atoms with Crippen molar-refractivity contribution in [2.24, 2.45) is 5.92 Å². The highest BCUT2D eigenvalue weighted by Gasteiger charge is 2.26. The average molecular weight is 382 g/mol. The summed E-state index contributed by atoms with van der Waals surface area (Å²) < 4.78 is 10.5. The summed E-state index contributed by atoms with van der Waals surface area (Å²) in [5.41, 5.74) is 3.06. The molecule has 1 unspecified atom stereocenters. The third-order valence-corrected chi connectivity index (χ3v) is 5.02. The van der Waals surface area contributed by atoms with Crippen molar-refractivity contribution in [1.29, 1.82) is 0 Å². The van der Waals surface area contributed by atoms with Gasteiger partial charge in [-0.1, -0.05) is 24.3 Å². The average Bonchev–Trinajstić information content (AvgIpc) is 2.72. The molecule has 2 N–H and O–H groups in total. The minimum atomic E-state index is -0.161. The highest BCUT2D eigenvalue weighted by atomic mass is 16.5. The van der Waals surface area contributed by atoms with E-state index in [1.165, 1.54) is 0 Å². The minimum Gasteiger partial charge on any atom is -0.493 e. The second kappa shape index (κ2) is 9.26. The van der Waals surface area contributed by atoms with Crippen molar-refractivity contribution in [3.63, 3.8) is 0 Å². The van der Waals surface area contributed by atoms with Crippen molar-refractivity contribution in [3.8, 4) is 11.5 Å². The van der Waals surface area contributed by atoms with E-state index < -0.39 is 0 Å². The van der Waals surface area contributed by atoms with Gasteiger partial charge in [-0.05, 0) is 48.6 Å². The van der Waals surface area contributed by atoms with E-state index in [0.29, 0.717) is 43.7 Å². The summed E-state index contributed by atoms with van der Waals surface area (Å²) >= 11 is 0. The zero-order chi connectivity index (χ0) is 19.9. The largest absolute Gasteiger partial charge is 0.493 e. The first-order valence-corrected chi connectivity index (χ1v) is 9.47. The number of anilines is 1. The summed E-state index contributed by atoms with van der Waals surface area (Å²) in [6.45, 7) is 0.536. The lowest BCUT2D eigenvalue weighted by molar-refractivity contribution is -0.122. The number of rotatable bonds is 8. The van der Waals surface area contributed by atoms with Crippen LogP contribution < -0.4 is 20.1 Å². The molecule has 6 nitrogen and oxygen atoms in total. The van der Waals surface area contributed by atoms with Crippen molar-refractivity contribution >= 4 is 17.5 Å². The van der Waals surface area contributed by atoms with Crippen LogP contribution in [-0.4, -0.2) is 32.6 Å². The number of para-hydroxylation sites is 1. The zero-order valence-corrected chi connectivity index (χ0v) is 16.3. The Morgan fingerprint density at radius 2 is 1.93 bits per heavy atom. The smallest absolute Gasteiger partial charge is 0.227 e. The number of methoxy groups -OCH3 is 2. The number of ether oxygens (including phenoxy) is 2. The Balaban J connectivity index is 1.43. The fourth-order valence-corrected chi connectivity index (χ4v) is 3.42. The van der Waals surface area contributed by atoms with Gasteiger partial charge in [-0.3, -0.25) is 9.59 Å². The number of fused-ring (bicyclic) bond motifs is 1. The topological polar surface area (TPSA) is 76.7 Å². The SMILES string of the molecule is COc1ccc(CCNC(=O)CCC2Cc3ccccc3NC2=O)cc1OC. The van der Waals surface area contributed by atoms with Crippen molar-refractivity contribution in [3.05, 3.63) is 53.6 Å². The standard InChI is InChI=1S/C22H26N2O4/c1-27-19-9-7-15(13-20(19)28-2)11-12-23-21(25)10-8-17-14-16-5-3-4-6-18(16)24-22(17)26/h3-7,9,13,17H,8,10-12,14H2,1-2H3,(H,23,25)(H,24,26). The molecule has 148 valence electrons. The number of amides is 2. The Hall–Kier alpha value is -3.02. The van der Waals surface area contributed by atoms with Gasteiger partial charge >= 0.3 is 0 Å². The fraction of sp³-hybridized carbons (Fsp3) is 0.364. The molecule has 1 heterocycles. The maximum atomic E-state index is 12.2. The van der Waals surface area contributed by atoms with E-state index in [0.717, 1.165) is 16.8 Å². The summed E-state index contributed by atoms with van der Waals surface area (Å²) in [5, 5.41) is 5.85. The molecule has 0 bridgehead atoms. The van der Waals surface area contributed by atoms with E-state index in [2.05, 4.69) is 10.6 Å². The Labute approximate surface area is 165 Å². The quantitative estimate of drug-likeness (QED) is 0.736. The van der Waals surface area contributed by atoms with Gasteiger partial charge in [0.05, 0.1) is 14.2 Å². The van der Waals surface area contributed by atoms with E-state index >= 15 is 0 Å². The molecule has 2 aromatic carbocycles. The molecule has 0 aromatic heterocycles. The molecule has 1 atom stereocenters. The van der Waals surface area contributed by atoms with Crippen molar-refractivity contribution in [2.75, 3.05) is 26.1 Å². The monoisotopic (exact) mass is 382 g/mol. The normalized spacial score (nSPS) is 15.4. The number of benzene rings is 2. The molecule has 0 radical (unpaired) electrons. The van der Waals surface area contributed by atoms with Crippen LogP contribution in [0.4, 0.5) is 5.69 Å². The molecule has 0 aliphatic carbocycles. The maximum Gasteiger partial charge on any atom is 0.227 e. The Kier molecular flexibility index (Phi) is 6.53. The van der Waals surface area contributed by atoms with E-state index in [-0.39, 0.29) is 17.7 Å². The molecule has 2 aromatic rings. The van der Waals surface area contributed by atoms with Crippen LogP contribution >= 0.6 is 0 Å². The number of hydrogen-bond donors (Lipinski definition) is 2. The van der Waals surface area contributed by atoms with Crippen LogP contribution in [0.1, 0.15) is 24.0 Å². The van der Waals surface area contributed by atoms with E-state index in [9.17, 15) is 9.59 Å². The predicted molar refractivity (Wildman–Crippen MR) is 108 cm³/mol. The van der Waals surface area contributed by atoms with Gasteiger partial charge in [-0.25, -0.2) is 0 Å². The fourth-order valence-electron chi connectivity index (χ4n) is 3.42. The van der Waals surface area contributed by atoms with Crippen molar-refractivity contribution in [1.82, 2.24) is 5.32 Å². The summed E-state index contributed by atoms with van der Waals surface area (Å²) in [6, 6.07) is 13.5. The van der Waals surface area contributed by atoms with Crippen LogP contribution in [0.2, 0.25) is 0 Å². The van der Waals surface area contributed by atoms with Crippen molar-refractivity contribution in [2.45, 2.75) is 25.7 Å². The van der Waals surface area contributed by atoms with E-state index in [1.54, 1.807) is 14.2 Å². The van der Waals surface area contributed by atoms with Crippen molar-refractivity contribution < 1.29 is 19.1 Å². The molecular weight excluding hydrogens is 356 g/mol. The summed E-state index contributed by atoms with van der Waals surface area (Å²) in [7, 11) is 3.20. The van der Waals surface area contributed by atoms with Crippen LogP contribution in [0.25, 0.3) is 0 Å². The van der Waals surface area contributed by atoms with Crippen LogP contribution in [0, 0.1) is 5.92 Å². The van der Waals surface area contributed by atoms with Crippen LogP contribution in [-0.2, 0) is 22.4 Å². The minimum absolute atomic E-state index is 0.00294. The molecule has 6 heteroatoms. The lowest BCUT2D eigenvalue weighted by atomic mass is 9.89. The molecule has 0 spiro atoms. The number of nitrogens with one attached hydrogen (secondary N) is 2. The second-order valence-corrected chi connectivity index (χ2v) is 6.88. The number of hydrogen-bond acceptors (Lipinski definition) is 4. The third kappa shape index (κ3) is 4.82. The Morgan fingerprint density at radius 1 is 1.14 bits per heavy atom. The number of carbonyl (C=O) groups excluding carboxylic acids is 2. The molecule has 28 heavy (non-hydrogen) atoms. The molecule has 0 saturated carbocycles. The molecule has 3 rings (SSSR count). The predicted octanol–water partition coefficient (Wildman–Crippen LogP) is 2.95. The summed E-state index contributed by atoms with van der Waals surface area (Å²) in [5.74, 6) is 1.16. The van der Waals surface area contributed by atoms with Gasteiger partial charge in [0.15, 0.2) is 11.5 Å². The zero-order valence-electron chi connectivity index (χ0n) is 16.3. The lowest BCUT2D eigenvalue weighted by Crippen LogP contribution is -2.32. The first kappa shape index (κ1) is 19.7. The Bertz CT molecular complexity index is 850. The van der Waals surface area contributed by atoms with Crippen LogP contribution in [0.3, 0.4) is 0 Å². The van der Waals surface area contributed by atoms with Gasteiger partial charge < -0.3 is 20.1 Å². The van der Waals surface area contributed by atoms with Gasteiger partial charge in [0.1, 0.15) is 0 Å². The Morgan fingerprint density at radius 3 is 2.71 bits per heavy atom. The molecule has 1 aliphatic heterocycles. The summed E-state index contributed by atoms with van der Waals surface area (Å²) in [6.07, 6.45) is 2.26. The van der Waals surface area contributed by atoms with Gasteiger partial charge in [-0.15, -0.1) is 0 Å². The summed E-state index contributed by atoms with van der Waals surface area (Å²) in [4.78, 5) is 24.4. The molecule has 1 aliphatic rings. The molecule has 0 saturated heterocycles. The van der Waals surface area contributed by atoms with Crippen LogP contribution in [0.15, 0.2) is 42.5 Å². The highest BCUT2D eigenvalue weighted by molar-refractivity contribution is 5.96. The number of carbonyl (C=O) groups is 2. The van der Waals surface area contributed by atoms with Gasteiger partial charge in [0, 0.05) is 24.6 Å². The van der Waals surface area contributed by atoms with E-state index in [1.807, 2.05) is 42.5 Å².